The van der Waals surface area contributed by atoms with Crippen LogP contribution in [0.25, 0.3) is 6.08 Å². The maximum absolute atomic E-state index is 13.1. The number of carbonyl (C=O) groups excluding carboxylic acids is 2. The number of benzene rings is 1. The molecular weight excluding hydrogens is 531 g/mol. The zero-order valence-electron chi connectivity index (χ0n) is 25.0. The van der Waals surface area contributed by atoms with Gasteiger partial charge in [0.15, 0.2) is 16.6 Å². The fraction of sp³-hybridized carbons (Fsp3) is 0.643. The molecule has 1 aromatic carbocycles. The van der Waals surface area contributed by atoms with Gasteiger partial charge in [0.1, 0.15) is 11.3 Å². The van der Waals surface area contributed by atoms with Gasteiger partial charge in [0.2, 0.25) is 0 Å². The Hall–Kier alpha value is -1.73. The van der Waals surface area contributed by atoms with E-state index in [-0.39, 0.29) is 24.0 Å². The highest BCUT2D eigenvalue weighted by atomic mass is 28.5. The Kier molecular flexibility index (Phi) is 12.0. The van der Waals surface area contributed by atoms with Gasteiger partial charge in [0.05, 0.1) is 13.2 Å². The van der Waals surface area contributed by atoms with E-state index in [1.807, 2.05) is 24.3 Å². The quantitative estimate of drug-likeness (QED) is 0.0881. The van der Waals surface area contributed by atoms with E-state index >= 15 is 0 Å². The van der Waals surface area contributed by atoms with Crippen molar-refractivity contribution in [1.29, 1.82) is 0 Å². The smallest absolute Gasteiger partial charge is 0.343 e. The van der Waals surface area contributed by atoms with Crippen molar-refractivity contribution in [2.45, 2.75) is 85.0 Å². The Labute approximate surface area is 233 Å². The van der Waals surface area contributed by atoms with E-state index < -0.39 is 31.2 Å². The maximum atomic E-state index is 13.1. The summed E-state index contributed by atoms with van der Waals surface area (Å²) in [5, 5.41) is 0. The van der Waals surface area contributed by atoms with Crippen molar-refractivity contribution < 1.29 is 27.3 Å². The molecule has 0 aliphatic carbocycles. The summed E-state index contributed by atoms with van der Waals surface area (Å²) >= 11 is 0. The molecule has 1 amide bonds. The number of piperidine rings is 1. The van der Waals surface area contributed by atoms with Crippen molar-refractivity contribution in [2.75, 3.05) is 26.3 Å². The van der Waals surface area contributed by atoms with Crippen molar-refractivity contribution in [3.05, 3.63) is 35.4 Å². The van der Waals surface area contributed by atoms with Crippen molar-refractivity contribution in [1.82, 2.24) is 4.90 Å². The number of rotatable bonds is 13. The minimum Gasteiger partial charge on any atom is -0.493 e. The maximum Gasteiger partial charge on any atom is 0.343 e. The number of amides is 1. The van der Waals surface area contributed by atoms with Crippen LogP contribution >= 0.6 is 0 Å². The number of carbonyl (C=O) groups is 2. The van der Waals surface area contributed by atoms with Gasteiger partial charge in [-0.25, -0.2) is 4.79 Å². The third kappa shape index (κ3) is 11.6. The first-order valence-electron chi connectivity index (χ1n) is 13.9. The second-order valence-electron chi connectivity index (χ2n) is 12.4. The third-order valence-electron chi connectivity index (χ3n) is 5.86. The van der Waals surface area contributed by atoms with Gasteiger partial charge >= 0.3 is 14.5 Å². The van der Waals surface area contributed by atoms with Gasteiger partial charge in [-0.3, -0.25) is 4.79 Å². The number of nitrogens with zero attached hydrogens (tertiary/aromatic N) is 1. The molecule has 10 heteroatoms. The van der Waals surface area contributed by atoms with Gasteiger partial charge in [0.25, 0.3) is 5.91 Å². The van der Waals surface area contributed by atoms with E-state index in [1.54, 1.807) is 17.9 Å². The fourth-order valence-electron chi connectivity index (χ4n) is 4.84. The molecule has 214 valence electrons. The number of hydrogen-bond donors (Lipinski definition) is 0. The van der Waals surface area contributed by atoms with Crippen LogP contribution < -0.4 is 4.74 Å². The van der Waals surface area contributed by atoms with Crippen LogP contribution in [0.1, 0.15) is 38.7 Å². The number of ether oxygens (including phenoxy) is 2. The second kappa shape index (κ2) is 14.1. The lowest BCUT2D eigenvalue weighted by Crippen LogP contribution is -2.53. The molecular formula is C28H49NO6Si3. The van der Waals surface area contributed by atoms with E-state index in [0.717, 1.165) is 36.6 Å². The summed E-state index contributed by atoms with van der Waals surface area (Å²) in [5.41, 5.74) is 0.830. The summed E-state index contributed by atoms with van der Waals surface area (Å²) in [5.74, 6) is 0.183. The molecule has 1 aliphatic heterocycles. The summed E-state index contributed by atoms with van der Waals surface area (Å²) in [7, 11) is -5.83. The highest BCUT2D eigenvalue weighted by Crippen LogP contribution is 2.28. The lowest BCUT2D eigenvalue weighted by Gasteiger charge is -2.39. The van der Waals surface area contributed by atoms with Crippen LogP contribution in [0.5, 0.6) is 5.75 Å². The van der Waals surface area contributed by atoms with Gasteiger partial charge in [0, 0.05) is 13.1 Å². The number of likely N-dealkylation sites (tertiary alicyclic amines) is 1. The van der Waals surface area contributed by atoms with E-state index in [9.17, 15) is 9.59 Å². The van der Waals surface area contributed by atoms with E-state index in [0.29, 0.717) is 19.7 Å². The molecule has 0 bridgehead atoms. The topological polar surface area (TPSA) is 74.3 Å². The highest BCUT2D eigenvalue weighted by Gasteiger charge is 2.41. The van der Waals surface area contributed by atoms with Gasteiger partial charge in [-0.1, -0.05) is 19.1 Å². The first kappa shape index (κ1) is 32.5. The molecule has 7 nitrogen and oxygen atoms in total. The molecule has 0 N–H and O–H groups in total. The standard InChI is InChI=1S/C28H49NO6Si3/c1-10-32-28(31)26(27(30)29-18-12-11-13-19-29)20-24-14-16-25(17-15-24)33-21-23(2)22-38(9,34-36(3,4)5)35-37(6,7)8/h14-17,20,23H,10-13,18-19,21-22H2,1-9H3/b26-20+. The molecule has 1 saturated heterocycles. The SMILES string of the molecule is CCOC(=O)/C(=C/c1ccc(OCC(C)C[Si](C)(O[Si](C)(C)C)O[Si](C)(C)C)cc1)C(=O)N1CCCCC1. The lowest BCUT2D eigenvalue weighted by atomic mass is 10.1. The molecule has 1 unspecified atom stereocenters. The molecule has 1 heterocycles. The van der Waals surface area contributed by atoms with Crippen LogP contribution in [0.15, 0.2) is 29.8 Å². The number of esters is 1. The van der Waals surface area contributed by atoms with Crippen LogP contribution in [-0.4, -0.2) is 68.3 Å². The molecule has 1 aromatic rings. The third-order valence-corrected chi connectivity index (χ3v) is 15.6. The average molecular weight is 580 g/mol. The Morgan fingerprint density at radius 2 is 1.47 bits per heavy atom. The van der Waals surface area contributed by atoms with Crippen LogP contribution in [-0.2, 0) is 22.6 Å². The van der Waals surface area contributed by atoms with Crippen LogP contribution in [0, 0.1) is 5.92 Å². The fourth-order valence-corrected chi connectivity index (χ4v) is 17.8. The van der Waals surface area contributed by atoms with E-state index in [4.69, 9.17) is 17.7 Å². The summed E-state index contributed by atoms with van der Waals surface area (Å²) in [6, 6.07) is 8.36. The van der Waals surface area contributed by atoms with Gasteiger partial charge in [-0.2, -0.15) is 0 Å². The van der Waals surface area contributed by atoms with Crippen molar-refractivity contribution >= 4 is 43.1 Å². The molecule has 0 spiro atoms. The normalized spacial score (nSPS) is 16.2. The van der Waals surface area contributed by atoms with Crippen LogP contribution in [0.3, 0.4) is 0 Å². The first-order chi connectivity index (χ1) is 17.6. The van der Waals surface area contributed by atoms with Crippen molar-refractivity contribution in [3.8, 4) is 5.75 Å². The van der Waals surface area contributed by atoms with Gasteiger partial charge < -0.3 is 22.6 Å². The Balaban J connectivity index is 2.07. The summed E-state index contributed by atoms with van der Waals surface area (Å²) < 4.78 is 24.6. The monoisotopic (exact) mass is 579 g/mol. The van der Waals surface area contributed by atoms with E-state index in [1.165, 1.54) is 0 Å². The first-order valence-corrected chi connectivity index (χ1v) is 23.3. The summed E-state index contributed by atoms with van der Waals surface area (Å²) in [6.45, 7) is 21.6. The Bertz CT molecular complexity index is 931. The number of hydrogen-bond acceptors (Lipinski definition) is 6. The molecule has 0 radical (unpaired) electrons. The zero-order chi connectivity index (χ0) is 28.6. The van der Waals surface area contributed by atoms with Crippen molar-refractivity contribution in [3.63, 3.8) is 0 Å². The predicted octanol–water partition coefficient (Wildman–Crippen LogP) is 6.44. The molecule has 1 aliphatic rings. The average Bonchev–Trinajstić information content (AvgIpc) is 2.79. The predicted molar refractivity (Wildman–Crippen MR) is 161 cm³/mol. The summed E-state index contributed by atoms with van der Waals surface area (Å²) in [6.07, 6.45) is 4.66. The van der Waals surface area contributed by atoms with Crippen LogP contribution in [0.2, 0.25) is 51.9 Å². The molecule has 1 atom stereocenters. The lowest BCUT2D eigenvalue weighted by molar-refractivity contribution is -0.142. The highest BCUT2D eigenvalue weighted by molar-refractivity contribution is 6.87. The Morgan fingerprint density at radius 3 is 1.97 bits per heavy atom. The minimum atomic E-state index is -2.34. The molecule has 0 aromatic heterocycles. The van der Waals surface area contributed by atoms with Crippen molar-refractivity contribution in [2.24, 2.45) is 5.92 Å². The largest absolute Gasteiger partial charge is 0.493 e. The minimum absolute atomic E-state index is 0.0742. The molecule has 1 fully saturated rings. The second-order valence-corrected chi connectivity index (χ2v) is 25.1. The summed E-state index contributed by atoms with van der Waals surface area (Å²) in [4.78, 5) is 27.4. The van der Waals surface area contributed by atoms with Gasteiger partial charge in [-0.15, -0.1) is 0 Å². The molecule has 0 saturated carbocycles. The molecule has 2 rings (SSSR count). The molecule has 38 heavy (non-hydrogen) atoms. The Morgan fingerprint density at radius 1 is 0.921 bits per heavy atom. The van der Waals surface area contributed by atoms with Gasteiger partial charge in [-0.05, 0) is 108 Å². The van der Waals surface area contributed by atoms with E-state index in [2.05, 4.69) is 52.8 Å². The van der Waals surface area contributed by atoms with Crippen LogP contribution in [0.4, 0.5) is 0 Å². The zero-order valence-corrected chi connectivity index (χ0v) is 28.0.